The molecule has 0 saturated carbocycles. The number of amides is 2. The number of rotatable bonds is 0. The van der Waals surface area contributed by atoms with Gasteiger partial charge in [-0.3, -0.25) is 14.6 Å². The molecule has 1 unspecified atom stereocenters. The smallest absolute Gasteiger partial charge is 0.238 e. The van der Waals surface area contributed by atoms with Gasteiger partial charge in [-0.05, 0) is 31.4 Å². The highest BCUT2D eigenvalue weighted by atomic mass is 35.5. The molecule has 0 radical (unpaired) electrons. The van der Waals surface area contributed by atoms with Crippen molar-refractivity contribution in [2.75, 3.05) is 37.4 Å². The van der Waals surface area contributed by atoms with Gasteiger partial charge in [-0.2, -0.15) is 0 Å². The molecule has 1 aromatic carbocycles. The fourth-order valence-corrected chi connectivity index (χ4v) is 3.81. The monoisotopic (exact) mass is 456 g/mol. The average molecular weight is 457 g/mol. The number of ether oxygens (including phenoxy) is 1. The molecule has 10 heteroatoms. The van der Waals surface area contributed by atoms with Gasteiger partial charge in [0.1, 0.15) is 29.6 Å². The predicted octanol–water partition coefficient (Wildman–Crippen LogP) is 3.39. The fourth-order valence-electron chi connectivity index (χ4n) is 3.64. The van der Waals surface area contributed by atoms with Crippen LogP contribution in [0.2, 0.25) is 5.02 Å². The molecule has 0 saturated heterocycles. The van der Waals surface area contributed by atoms with Crippen LogP contribution < -0.4 is 15.4 Å². The van der Waals surface area contributed by atoms with Gasteiger partial charge in [-0.25, -0.2) is 9.97 Å². The van der Waals surface area contributed by atoms with Crippen LogP contribution in [-0.4, -0.2) is 59.6 Å². The summed E-state index contributed by atoms with van der Waals surface area (Å²) in [4.78, 5) is 39.7. The van der Waals surface area contributed by atoms with Gasteiger partial charge >= 0.3 is 0 Å². The van der Waals surface area contributed by atoms with Crippen LogP contribution >= 0.6 is 11.6 Å². The zero-order valence-corrected chi connectivity index (χ0v) is 18.6. The molecule has 2 N–H and O–H groups in total. The molecule has 2 aliphatic rings. The van der Waals surface area contributed by atoms with Crippen LogP contribution in [-0.2, 0) is 9.59 Å². The molecule has 2 amide bonds. The Kier molecular flexibility index (Phi) is 6.84. The van der Waals surface area contributed by atoms with E-state index in [0.29, 0.717) is 59.8 Å². The molecule has 9 nitrogen and oxygen atoms in total. The lowest BCUT2D eigenvalue weighted by Crippen LogP contribution is -2.28. The Morgan fingerprint density at radius 1 is 1.16 bits per heavy atom. The summed E-state index contributed by atoms with van der Waals surface area (Å²) >= 11 is 6.26. The van der Waals surface area contributed by atoms with E-state index in [1.807, 2.05) is 7.05 Å². The average Bonchev–Trinajstić information content (AvgIpc) is 3.11. The molecule has 2 bridgehead atoms. The summed E-state index contributed by atoms with van der Waals surface area (Å²) < 4.78 is 5.81. The number of benzene rings is 1. The molecule has 2 aromatic rings. The lowest BCUT2D eigenvalue weighted by molar-refractivity contribution is -0.130. The van der Waals surface area contributed by atoms with Gasteiger partial charge in [-0.1, -0.05) is 11.6 Å². The van der Waals surface area contributed by atoms with E-state index in [2.05, 4.69) is 25.6 Å². The van der Waals surface area contributed by atoms with E-state index in [4.69, 9.17) is 16.3 Å². The molecule has 4 rings (SSSR count). The summed E-state index contributed by atoms with van der Waals surface area (Å²) in [5.74, 6) is 0.840. The number of aliphatic imine (C=N–C) groups is 1. The summed E-state index contributed by atoms with van der Waals surface area (Å²) in [5.41, 5.74) is 1.28. The number of hydrogen-bond acceptors (Lipinski definition) is 7. The number of nitrogens with one attached hydrogen (secondary N) is 2. The van der Waals surface area contributed by atoms with Crippen LogP contribution in [0, 0.1) is 0 Å². The Balaban J connectivity index is 1.62. The van der Waals surface area contributed by atoms with E-state index in [0.717, 1.165) is 19.3 Å². The summed E-state index contributed by atoms with van der Waals surface area (Å²) in [6.45, 7) is 1.68. The summed E-state index contributed by atoms with van der Waals surface area (Å²) in [6, 6.07) is 5.21. The summed E-state index contributed by atoms with van der Waals surface area (Å²) in [5, 5.41) is 6.54. The van der Waals surface area contributed by atoms with Crippen LogP contribution in [0.3, 0.4) is 0 Å². The van der Waals surface area contributed by atoms with Crippen molar-refractivity contribution in [2.45, 2.75) is 31.6 Å². The zero-order valence-electron chi connectivity index (χ0n) is 17.8. The van der Waals surface area contributed by atoms with Gasteiger partial charge in [0.2, 0.25) is 11.8 Å². The third kappa shape index (κ3) is 4.99. The SMILES string of the molecule is CN1CCCNc2ncnc3c2C(C=Nc2ccc(Cl)c(c2)OCCCCC1=O)C(=O)N3. The van der Waals surface area contributed by atoms with E-state index in [-0.39, 0.29) is 11.8 Å². The second-order valence-electron chi connectivity index (χ2n) is 7.75. The van der Waals surface area contributed by atoms with Crippen LogP contribution in [0.5, 0.6) is 5.75 Å². The predicted molar refractivity (Wildman–Crippen MR) is 123 cm³/mol. The fraction of sp³-hybridized carbons (Fsp3) is 0.409. The molecule has 1 atom stereocenters. The number of hydrogen-bond donors (Lipinski definition) is 2. The minimum atomic E-state index is -0.625. The Morgan fingerprint density at radius 3 is 2.88 bits per heavy atom. The molecule has 32 heavy (non-hydrogen) atoms. The number of fused-ring (bicyclic) bond motifs is 2. The Labute approximate surface area is 191 Å². The second-order valence-corrected chi connectivity index (χ2v) is 8.15. The topological polar surface area (TPSA) is 109 Å². The Hall–Kier alpha value is -3.20. The van der Waals surface area contributed by atoms with Crippen LogP contribution in [0.25, 0.3) is 0 Å². The lowest BCUT2D eigenvalue weighted by Gasteiger charge is -2.18. The molecule has 1 aromatic heterocycles. The lowest BCUT2D eigenvalue weighted by atomic mass is 10.0. The van der Waals surface area contributed by atoms with Crippen LogP contribution in [0.15, 0.2) is 29.5 Å². The standard InChI is InChI=1S/C22H25ClN6O3/c1-29-9-4-8-24-20-19-15(22(31)28-21(19)27-13-26-20)12-25-14-6-7-16(23)17(11-14)32-10-3-2-5-18(29)30/h6-7,11-13,15H,2-5,8-10H2,1H3,(H2,24,26,27,28,31). The van der Waals surface area contributed by atoms with Gasteiger partial charge in [0.25, 0.3) is 0 Å². The maximum absolute atomic E-state index is 12.6. The van der Waals surface area contributed by atoms with Crippen molar-refractivity contribution >= 4 is 47.0 Å². The largest absolute Gasteiger partial charge is 0.492 e. The second kappa shape index (κ2) is 9.95. The first-order valence-corrected chi connectivity index (χ1v) is 11.0. The van der Waals surface area contributed by atoms with E-state index in [1.54, 1.807) is 29.3 Å². The summed E-state index contributed by atoms with van der Waals surface area (Å²) in [7, 11) is 1.81. The normalized spacial score (nSPS) is 19.7. The molecule has 0 spiro atoms. The highest BCUT2D eigenvalue weighted by Gasteiger charge is 2.33. The molecule has 0 fully saturated rings. The molecular formula is C22H25ClN6O3. The van der Waals surface area contributed by atoms with Gasteiger partial charge in [0, 0.05) is 38.8 Å². The number of halogens is 1. The van der Waals surface area contributed by atoms with Crippen molar-refractivity contribution < 1.29 is 14.3 Å². The van der Waals surface area contributed by atoms with Crippen molar-refractivity contribution in [1.82, 2.24) is 14.9 Å². The van der Waals surface area contributed by atoms with Gasteiger partial charge < -0.3 is 20.3 Å². The molecule has 0 aliphatic carbocycles. The van der Waals surface area contributed by atoms with Crippen molar-refractivity contribution in [3.8, 4) is 5.75 Å². The van der Waals surface area contributed by atoms with Crippen LogP contribution in [0.1, 0.15) is 37.2 Å². The number of carbonyl (C=O) groups excluding carboxylic acids is 2. The van der Waals surface area contributed by atoms with Crippen molar-refractivity contribution in [1.29, 1.82) is 0 Å². The third-order valence-corrected chi connectivity index (χ3v) is 5.75. The van der Waals surface area contributed by atoms with Crippen molar-refractivity contribution in [3.63, 3.8) is 0 Å². The summed E-state index contributed by atoms with van der Waals surface area (Å²) in [6.07, 6.45) is 5.69. The van der Waals surface area contributed by atoms with Crippen LogP contribution in [0.4, 0.5) is 17.3 Å². The molecule has 168 valence electrons. The van der Waals surface area contributed by atoms with Gasteiger partial charge in [-0.15, -0.1) is 0 Å². The molecule has 2 aliphatic heterocycles. The van der Waals surface area contributed by atoms with E-state index >= 15 is 0 Å². The van der Waals surface area contributed by atoms with Gasteiger partial charge in [0.15, 0.2) is 0 Å². The number of nitrogens with zero attached hydrogens (tertiary/aromatic N) is 4. The van der Waals surface area contributed by atoms with Gasteiger partial charge in [0.05, 0.1) is 22.9 Å². The minimum Gasteiger partial charge on any atom is -0.492 e. The Bertz CT molecular complexity index is 1040. The van der Waals surface area contributed by atoms with E-state index < -0.39 is 5.92 Å². The third-order valence-electron chi connectivity index (χ3n) is 5.44. The Morgan fingerprint density at radius 2 is 2.00 bits per heavy atom. The first-order valence-electron chi connectivity index (χ1n) is 10.6. The maximum atomic E-state index is 12.6. The number of carbonyl (C=O) groups is 2. The van der Waals surface area contributed by atoms with Crippen molar-refractivity contribution in [2.24, 2.45) is 4.99 Å². The first-order chi connectivity index (χ1) is 15.5. The van der Waals surface area contributed by atoms with E-state index in [1.165, 1.54) is 6.33 Å². The quantitative estimate of drug-likeness (QED) is 0.629. The highest BCUT2D eigenvalue weighted by molar-refractivity contribution is 6.32. The number of aromatic nitrogens is 2. The highest BCUT2D eigenvalue weighted by Crippen LogP contribution is 2.35. The van der Waals surface area contributed by atoms with Crippen molar-refractivity contribution in [3.05, 3.63) is 35.1 Å². The molecular weight excluding hydrogens is 432 g/mol. The zero-order chi connectivity index (χ0) is 22.5. The minimum absolute atomic E-state index is 0.106. The molecule has 3 heterocycles. The van der Waals surface area contributed by atoms with E-state index in [9.17, 15) is 9.59 Å². The number of anilines is 2. The maximum Gasteiger partial charge on any atom is 0.238 e. The first kappa shape index (κ1) is 22.0.